The molecule has 1 aromatic carbocycles. The van der Waals surface area contributed by atoms with Gasteiger partial charge in [0.1, 0.15) is 12.7 Å². The summed E-state index contributed by atoms with van der Waals surface area (Å²) in [6.45, 7) is 1.99. The molecule has 2 rings (SSSR count). The third-order valence-electron chi connectivity index (χ3n) is 1.89. The van der Waals surface area contributed by atoms with E-state index < -0.39 is 0 Å². The molecule has 1 saturated heterocycles. The maximum atomic E-state index is 5.28. The van der Waals surface area contributed by atoms with Gasteiger partial charge >= 0.3 is 0 Å². The van der Waals surface area contributed by atoms with E-state index in [1.807, 2.05) is 30.3 Å². The van der Waals surface area contributed by atoms with Gasteiger partial charge in [-0.15, -0.1) is 0 Å². The van der Waals surface area contributed by atoms with Crippen molar-refractivity contribution in [2.75, 3.05) is 19.8 Å². The summed E-state index contributed by atoms with van der Waals surface area (Å²) in [6.07, 6.45) is 0.327. The van der Waals surface area contributed by atoms with Crippen molar-refractivity contribution < 1.29 is 9.47 Å². The molecular formula is C12H12O2. The number of epoxide rings is 1. The average Bonchev–Trinajstić information content (AvgIpc) is 3.03. The van der Waals surface area contributed by atoms with Crippen molar-refractivity contribution >= 4 is 0 Å². The summed E-state index contributed by atoms with van der Waals surface area (Å²) in [5, 5.41) is 0. The molecule has 0 aliphatic carbocycles. The van der Waals surface area contributed by atoms with Gasteiger partial charge in [-0.2, -0.15) is 0 Å². The summed E-state index contributed by atoms with van der Waals surface area (Å²) in [6, 6.07) is 9.89. The van der Waals surface area contributed by atoms with Gasteiger partial charge in [0, 0.05) is 5.56 Å². The molecule has 0 N–H and O–H groups in total. The quantitative estimate of drug-likeness (QED) is 0.407. The fourth-order valence-electron chi connectivity index (χ4n) is 1.07. The molecule has 0 spiro atoms. The first kappa shape index (κ1) is 9.26. The van der Waals surface area contributed by atoms with E-state index in [1.54, 1.807) is 0 Å². The van der Waals surface area contributed by atoms with Crippen molar-refractivity contribution in [1.29, 1.82) is 0 Å². The Bertz CT molecular complexity index is 330. The van der Waals surface area contributed by atoms with Crippen LogP contribution in [0.5, 0.6) is 0 Å². The van der Waals surface area contributed by atoms with Crippen LogP contribution in [-0.2, 0) is 9.47 Å². The highest BCUT2D eigenvalue weighted by Crippen LogP contribution is 2.07. The predicted octanol–water partition coefficient (Wildman–Crippen LogP) is 1.45. The van der Waals surface area contributed by atoms with Gasteiger partial charge in [0.05, 0.1) is 13.2 Å². The lowest BCUT2D eigenvalue weighted by molar-refractivity contribution is 0.145. The van der Waals surface area contributed by atoms with E-state index in [-0.39, 0.29) is 0 Å². The maximum absolute atomic E-state index is 5.28. The molecule has 14 heavy (non-hydrogen) atoms. The largest absolute Gasteiger partial charge is 0.371 e. The van der Waals surface area contributed by atoms with E-state index in [0.29, 0.717) is 19.3 Å². The first-order valence-corrected chi connectivity index (χ1v) is 4.68. The van der Waals surface area contributed by atoms with Crippen LogP contribution in [0.3, 0.4) is 0 Å². The fourth-order valence-corrected chi connectivity index (χ4v) is 1.07. The van der Waals surface area contributed by atoms with Crippen LogP contribution in [0.25, 0.3) is 0 Å². The minimum Gasteiger partial charge on any atom is -0.371 e. The summed E-state index contributed by atoms with van der Waals surface area (Å²) < 4.78 is 10.3. The number of benzene rings is 1. The average molecular weight is 188 g/mol. The summed E-state index contributed by atoms with van der Waals surface area (Å²) >= 11 is 0. The van der Waals surface area contributed by atoms with Gasteiger partial charge in [-0.1, -0.05) is 30.0 Å². The molecule has 1 atom stereocenters. The summed E-state index contributed by atoms with van der Waals surface area (Å²) in [5.74, 6) is 5.98. The van der Waals surface area contributed by atoms with Gasteiger partial charge in [-0.25, -0.2) is 0 Å². The SMILES string of the molecule is C(#Cc1ccccc1)COCC1CO1. The first-order chi connectivity index (χ1) is 6.95. The summed E-state index contributed by atoms with van der Waals surface area (Å²) in [4.78, 5) is 0. The minimum absolute atomic E-state index is 0.327. The van der Waals surface area contributed by atoms with Crippen LogP contribution < -0.4 is 0 Å². The molecule has 2 heteroatoms. The minimum atomic E-state index is 0.327. The van der Waals surface area contributed by atoms with Gasteiger partial charge in [-0.05, 0) is 12.1 Å². The van der Waals surface area contributed by atoms with E-state index >= 15 is 0 Å². The van der Waals surface area contributed by atoms with E-state index in [1.165, 1.54) is 0 Å². The lowest BCUT2D eigenvalue weighted by Gasteiger charge is -1.93. The first-order valence-electron chi connectivity index (χ1n) is 4.68. The van der Waals surface area contributed by atoms with Gasteiger partial charge < -0.3 is 9.47 Å². The van der Waals surface area contributed by atoms with E-state index in [9.17, 15) is 0 Å². The standard InChI is InChI=1S/C12H12O2/c1-2-5-11(6-3-1)7-4-8-13-9-12-10-14-12/h1-3,5-6,12H,8-10H2. The molecule has 1 aliphatic heterocycles. The lowest BCUT2D eigenvalue weighted by Crippen LogP contribution is -2.00. The molecule has 1 fully saturated rings. The van der Waals surface area contributed by atoms with Crippen molar-refractivity contribution in [2.24, 2.45) is 0 Å². The van der Waals surface area contributed by atoms with Crippen molar-refractivity contribution in [2.45, 2.75) is 6.10 Å². The van der Waals surface area contributed by atoms with E-state index in [4.69, 9.17) is 9.47 Å². The van der Waals surface area contributed by atoms with Gasteiger partial charge in [0.2, 0.25) is 0 Å². The monoisotopic (exact) mass is 188 g/mol. The third kappa shape index (κ3) is 3.21. The van der Waals surface area contributed by atoms with E-state index in [0.717, 1.165) is 12.2 Å². The Morgan fingerprint density at radius 2 is 2.14 bits per heavy atom. The second kappa shape index (κ2) is 4.80. The van der Waals surface area contributed by atoms with Crippen LogP contribution in [0.15, 0.2) is 30.3 Å². The van der Waals surface area contributed by atoms with Crippen molar-refractivity contribution in [1.82, 2.24) is 0 Å². The van der Waals surface area contributed by atoms with Gasteiger partial charge in [-0.3, -0.25) is 0 Å². The van der Waals surface area contributed by atoms with Crippen molar-refractivity contribution in [3.63, 3.8) is 0 Å². The second-order valence-electron chi connectivity index (χ2n) is 3.14. The second-order valence-corrected chi connectivity index (χ2v) is 3.14. The number of ether oxygens (including phenoxy) is 2. The highest BCUT2D eigenvalue weighted by molar-refractivity contribution is 5.33. The number of hydrogen-bond donors (Lipinski definition) is 0. The zero-order chi connectivity index (χ0) is 9.64. The topological polar surface area (TPSA) is 21.8 Å². The molecule has 0 radical (unpaired) electrons. The Hall–Kier alpha value is -1.30. The molecule has 1 aliphatic rings. The fraction of sp³-hybridized carbons (Fsp3) is 0.333. The van der Waals surface area contributed by atoms with Gasteiger partial charge in [0.25, 0.3) is 0 Å². The zero-order valence-corrected chi connectivity index (χ0v) is 7.90. The van der Waals surface area contributed by atoms with Crippen molar-refractivity contribution in [3.8, 4) is 11.8 Å². The van der Waals surface area contributed by atoms with Crippen LogP contribution in [0, 0.1) is 11.8 Å². The smallest absolute Gasteiger partial charge is 0.108 e. The van der Waals surface area contributed by atoms with Crippen molar-refractivity contribution in [3.05, 3.63) is 35.9 Å². The highest BCUT2D eigenvalue weighted by Gasteiger charge is 2.21. The summed E-state index contributed by atoms with van der Waals surface area (Å²) in [7, 11) is 0. The molecule has 1 aromatic rings. The molecule has 1 unspecified atom stereocenters. The van der Waals surface area contributed by atoms with Crippen LogP contribution in [-0.4, -0.2) is 25.9 Å². The van der Waals surface area contributed by atoms with Gasteiger partial charge in [0.15, 0.2) is 0 Å². The molecule has 0 saturated carbocycles. The molecular weight excluding hydrogens is 176 g/mol. The molecule has 2 nitrogen and oxygen atoms in total. The Balaban J connectivity index is 1.70. The molecule has 0 bridgehead atoms. The predicted molar refractivity (Wildman–Crippen MR) is 53.9 cm³/mol. The number of hydrogen-bond acceptors (Lipinski definition) is 2. The highest BCUT2D eigenvalue weighted by atomic mass is 16.6. The maximum Gasteiger partial charge on any atom is 0.108 e. The normalized spacial score (nSPS) is 18.4. The Morgan fingerprint density at radius 1 is 1.36 bits per heavy atom. The third-order valence-corrected chi connectivity index (χ3v) is 1.89. The molecule has 1 heterocycles. The molecule has 0 amide bonds. The van der Waals surface area contributed by atoms with Crippen LogP contribution in [0.2, 0.25) is 0 Å². The molecule has 72 valence electrons. The summed E-state index contributed by atoms with van der Waals surface area (Å²) in [5.41, 5.74) is 1.03. The van der Waals surface area contributed by atoms with E-state index in [2.05, 4.69) is 11.8 Å². The van der Waals surface area contributed by atoms with Crippen LogP contribution in [0.1, 0.15) is 5.56 Å². The molecule has 0 aromatic heterocycles. The lowest BCUT2D eigenvalue weighted by atomic mass is 10.2. The Morgan fingerprint density at radius 3 is 2.86 bits per heavy atom. The Kier molecular flexibility index (Phi) is 3.18. The number of rotatable bonds is 3. The van der Waals surface area contributed by atoms with Crippen LogP contribution in [0.4, 0.5) is 0 Å². The zero-order valence-electron chi connectivity index (χ0n) is 7.90. The van der Waals surface area contributed by atoms with Crippen LogP contribution >= 0.6 is 0 Å². The Labute approximate surface area is 83.8 Å².